The molecule has 0 saturated carbocycles. The maximum Gasteiger partial charge on any atom is 0.240 e. The molecule has 2 amide bonds. The molecule has 96 valence electrons. The van der Waals surface area contributed by atoms with E-state index in [2.05, 4.69) is 5.32 Å². The second kappa shape index (κ2) is 5.01. The summed E-state index contributed by atoms with van der Waals surface area (Å²) in [6, 6.07) is -0.661. The predicted molar refractivity (Wildman–Crippen MR) is 61.1 cm³/mol. The van der Waals surface area contributed by atoms with E-state index < -0.39 is 11.9 Å². The van der Waals surface area contributed by atoms with Gasteiger partial charge >= 0.3 is 0 Å². The van der Waals surface area contributed by atoms with Gasteiger partial charge in [0.15, 0.2) is 0 Å². The highest BCUT2D eigenvalue weighted by molar-refractivity contribution is 5.89. The number of hydrogen-bond acceptors (Lipinski definition) is 4. The lowest BCUT2D eigenvalue weighted by molar-refractivity contribution is -0.138. The number of nitrogens with zero attached hydrogens (tertiary/aromatic N) is 1. The molecule has 2 saturated heterocycles. The third kappa shape index (κ3) is 2.42. The van der Waals surface area contributed by atoms with Crippen LogP contribution in [0.3, 0.4) is 0 Å². The number of methoxy groups -OCH3 is 1. The van der Waals surface area contributed by atoms with Crippen molar-refractivity contribution in [2.45, 2.75) is 37.5 Å². The van der Waals surface area contributed by atoms with Crippen molar-refractivity contribution in [2.75, 3.05) is 20.2 Å². The lowest BCUT2D eigenvalue weighted by atomic mass is 10.1. The van der Waals surface area contributed by atoms with Gasteiger partial charge in [-0.1, -0.05) is 0 Å². The molecule has 3 N–H and O–H groups in total. The molecule has 17 heavy (non-hydrogen) atoms. The number of carbonyl (C=O) groups is 2. The number of primary amides is 1. The highest BCUT2D eigenvalue weighted by atomic mass is 16.5. The Morgan fingerprint density at radius 2 is 2.24 bits per heavy atom. The van der Waals surface area contributed by atoms with E-state index >= 15 is 0 Å². The zero-order valence-electron chi connectivity index (χ0n) is 10.0. The second-order valence-corrected chi connectivity index (χ2v) is 4.65. The third-order valence-corrected chi connectivity index (χ3v) is 3.59. The number of rotatable bonds is 3. The average molecular weight is 241 g/mol. The number of carbonyl (C=O) groups excluding carboxylic acids is 2. The summed E-state index contributed by atoms with van der Waals surface area (Å²) in [6.45, 7) is 1.31. The van der Waals surface area contributed by atoms with Crippen LogP contribution >= 0.6 is 0 Å². The number of amides is 2. The Morgan fingerprint density at radius 1 is 1.47 bits per heavy atom. The van der Waals surface area contributed by atoms with Crippen LogP contribution in [0.1, 0.15) is 19.3 Å². The Labute approximate surface area is 100 Å². The summed E-state index contributed by atoms with van der Waals surface area (Å²) in [5.41, 5.74) is 5.30. The lowest BCUT2D eigenvalue weighted by Crippen LogP contribution is -2.49. The molecule has 2 aliphatic rings. The SMILES string of the molecule is COC1CNC(C(=O)N2CCCC2C(N)=O)C1. The standard InChI is InChI=1S/C11H19N3O3/c1-17-7-5-8(13-6-7)11(16)14-4-2-3-9(14)10(12)15/h7-9,13H,2-6H2,1H3,(H2,12,15). The van der Waals surface area contributed by atoms with Gasteiger partial charge in [-0.3, -0.25) is 9.59 Å². The van der Waals surface area contributed by atoms with Crippen LogP contribution in [0.15, 0.2) is 0 Å². The monoisotopic (exact) mass is 241 g/mol. The van der Waals surface area contributed by atoms with E-state index in [1.165, 1.54) is 0 Å². The maximum absolute atomic E-state index is 12.2. The molecular weight excluding hydrogens is 222 g/mol. The molecule has 0 aromatic heterocycles. The van der Waals surface area contributed by atoms with Crippen LogP contribution in [-0.4, -0.2) is 55.1 Å². The van der Waals surface area contributed by atoms with Crippen LogP contribution in [-0.2, 0) is 14.3 Å². The quantitative estimate of drug-likeness (QED) is 0.652. The summed E-state index contributed by atoms with van der Waals surface area (Å²) >= 11 is 0. The minimum Gasteiger partial charge on any atom is -0.380 e. The Hall–Kier alpha value is -1.14. The molecule has 2 fully saturated rings. The molecule has 0 spiro atoms. The lowest BCUT2D eigenvalue weighted by Gasteiger charge is -2.25. The van der Waals surface area contributed by atoms with E-state index in [4.69, 9.17) is 10.5 Å². The van der Waals surface area contributed by atoms with E-state index in [-0.39, 0.29) is 18.1 Å². The van der Waals surface area contributed by atoms with Gasteiger partial charge in [-0.25, -0.2) is 0 Å². The van der Waals surface area contributed by atoms with Crippen LogP contribution < -0.4 is 11.1 Å². The highest BCUT2D eigenvalue weighted by Crippen LogP contribution is 2.20. The van der Waals surface area contributed by atoms with Crippen molar-refractivity contribution >= 4 is 11.8 Å². The fourth-order valence-corrected chi connectivity index (χ4v) is 2.60. The Bertz CT molecular complexity index is 321. The summed E-state index contributed by atoms with van der Waals surface area (Å²) in [6.07, 6.45) is 2.28. The minimum atomic E-state index is -0.425. The number of hydrogen-bond donors (Lipinski definition) is 2. The first-order valence-corrected chi connectivity index (χ1v) is 5.99. The van der Waals surface area contributed by atoms with Crippen molar-refractivity contribution in [3.8, 4) is 0 Å². The molecule has 2 rings (SSSR count). The van der Waals surface area contributed by atoms with Gasteiger partial charge in [0.2, 0.25) is 11.8 Å². The normalized spacial score (nSPS) is 33.0. The molecule has 0 aliphatic carbocycles. The molecule has 6 nitrogen and oxygen atoms in total. The van der Waals surface area contributed by atoms with Crippen molar-refractivity contribution in [1.82, 2.24) is 10.2 Å². The summed E-state index contributed by atoms with van der Waals surface area (Å²) in [4.78, 5) is 25.1. The summed E-state index contributed by atoms with van der Waals surface area (Å²) in [5.74, 6) is -0.428. The zero-order valence-corrected chi connectivity index (χ0v) is 10.0. The topological polar surface area (TPSA) is 84.7 Å². The molecule has 3 atom stereocenters. The van der Waals surface area contributed by atoms with E-state index in [1.54, 1.807) is 12.0 Å². The molecule has 0 aromatic carbocycles. The van der Waals surface area contributed by atoms with Crippen molar-refractivity contribution in [3.63, 3.8) is 0 Å². The molecule has 3 unspecified atom stereocenters. The highest BCUT2D eigenvalue weighted by Gasteiger charge is 2.38. The molecule has 2 aliphatic heterocycles. The van der Waals surface area contributed by atoms with Crippen LogP contribution in [0.25, 0.3) is 0 Å². The average Bonchev–Trinajstić information content (AvgIpc) is 2.97. The van der Waals surface area contributed by atoms with Gasteiger partial charge in [-0.05, 0) is 19.3 Å². The molecular formula is C11H19N3O3. The molecule has 2 heterocycles. The van der Waals surface area contributed by atoms with Gasteiger partial charge in [0.1, 0.15) is 6.04 Å². The molecule has 0 bridgehead atoms. The van der Waals surface area contributed by atoms with Gasteiger partial charge in [0.25, 0.3) is 0 Å². The maximum atomic E-state index is 12.2. The number of ether oxygens (including phenoxy) is 1. The summed E-state index contributed by atoms with van der Waals surface area (Å²) in [7, 11) is 1.64. The van der Waals surface area contributed by atoms with Crippen LogP contribution in [0.5, 0.6) is 0 Å². The van der Waals surface area contributed by atoms with Gasteiger partial charge in [0.05, 0.1) is 12.1 Å². The van der Waals surface area contributed by atoms with Gasteiger partial charge in [-0.15, -0.1) is 0 Å². The van der Waals surface area contributed by atoms with E-state index in [1.807, 2.05) is 0 Å². The molecule has 6 heteroatoms. The van der Waals surface area contributed by atoms with Crippen molar-refractivity contribution in [3.05, 3.63) is 0 Å². The fraction of sp³-hybridized carbons (Fsp3) is 0.818. The Kier molecular flexibility index (Phi) is 3.63. The predicted octanol–water partition coefficient (Wildman–Crippen LogP) is -1.16. The van der Waals surface area contributed by atoms with E-state index in [9.17, 15) is 9.59 Å². The van der Waals surface area contributed by atoms with Crippen molar-refractivity contribution in [2.24, 2.45) is 5.73 Å². The Morgan fingerprint density at radius 3 is 2.82 bits per heavy atom. The summed E-state index contributed by atoms with van der Waals surface area (Å²) < 4.78 is 5.20. The first-order valence-electron chi connectivity index (χ1n) is 5.99. The molecule has 0 radical (unpaired) electrons. The minimum absolute atomic E-state index is 0.0224. The van der Waals surface area contributed by atoms with Crippen molar-refractivity contribution < 1.29 is 14.3 Å². The zero-order chi connectivity index (χ0) is 12.4. The van der Waals surface area contributed by atoms with Crippen LogP contribution in [0.2, 0.25) is 0 Å². The Balaban J connectivity index is 1.98. The fourth-order valence-electron chi connectivity index (χ4n) is 2.60. The first kappa shape index (κ1) is 12.3. The van der Waals surface area contributed by atoms with E-state index in [0.29, 0.717) is 25.9 Å². The summed E-state index contributed by atoms with van der Waals surface area (Å²) in [5, 5.41) is 3.13. The third-order valence-electron chi connectivity index (χ3n) is 3.59. The molecule has 0 aromatic rings. The van der Waals surface area contributed by atoms with Crippen LogP contribution in [0.4, 0.5) is 0 Å². The van der Waals surface area contributed by atoms with E-state index in [0.717, 1.165) is 6.42 Å². The van der Waals surface area contributed by atoms with Gasteiger partial charge in [-0.2, -0.15) is 0 Å². The number of nitrogens with two attached hydrogens (primary N) is 1. The smallest absolute Gasteiger partial charge is 0.240 e. The number of nitrogens with one attached hydrogen (secondary N) is 1. The first-order chi connectivity index (χ1) is 8.13. The van der Waals surface area contributed by atoms with Gasteiger partial charge in [0, 0.05) is 20.2 Å². The largest absolute Gasteiger partial charge is 0.380 e. The number of likely N-dealkylation sites (tertiary alicyclic amines) is 1. The second-order valence-electron chi connectivity index (χ2n) is 4.65. The van der Waals surface area contributed by atoms with Crippen LogP contribution in [0, 0.1) is 0 Å². The van der Waals surface area contributed by atoms with Crippen molar-refractivity contribution in [1.29, 1.82) is 0 Å². The van der Waals surface area contributed by atoms with Gasteiger partial charge < -0.3 is 20.7 Å².